The van der Waals surface area contributed by atoms with E-state index in [-0.39, 0.29) is 6.42 Å². The van der Waals surface area contributed by atoms with Crippen LogP contribution in [0.5, 0.6) is 0 Å². The minimum absolute atomic E-state index is 0.195. The maximum Gasteiger partial charge on any atom is 0.397 e. The Hall–Kier alpha value is -0.515. The van der Waals surface area contributed by atoms with E-state index >= 15 is 4.39 Å². The third kappa shape index (κ3) is 4.41. The van der Waals surface area contributed by atoms with Crippen molar-refractivity contribution in [1.82, 2.24) is 5.32 Å². The Morgan fingerprint density at radius 2 is 1.62 bits per heavy atom. The van der Waals surface area contributed by atoms with Crippen molar-refractivity contribution < 1.29 is 37.7 Å². The van der Waals surface area contributed by atoms with E-state index in [9.17, 15) is 33.3 Å². The van der Waals surface area contributed by atoms with Crippen molar-refractivity contribution in [2.24, 2.45) is 22.2 Å². The summed E-state index contributed by atoms with van der Waals surface area (Å²) in [7, 11) is 6.03. The van der Waals surface area contributed by atoms with Crippen molar-refractivity contribution in [2.75, 3.05) is 25.6 Å². The molecule has 0 heterocycles. The molecule has 4 N–H and O–H groups in total. The fourth-order valence-electron chi connectivity index (χ4n) is 6.09. The molecule has 196 valence electrons. The zero-order chi connectivity index (χ0) is 26.6. The number of rotatable bonds is 12. The van der Waals surface area contributed by atoms with Crippen molar-refractivity contribution in [3.8, 4) is 0 Å². The first-order valence-electron chi connectivity index (χ1n) is 11.6. The molecule has 11 heteroatoms. The number of aliphatic hydroxyl groups is 3. The van der Waals surface area contributed by atoms with Gasteiger partial charge in [-0.25, -0.2) is 4.39 Å². The first-order chi connectivity index (χ1) is 15.3. The van der Waals surface area contributed by atoms with E-state index in [1.54, 1.807) is 13.8 Å². The van der Waals surface area contributed by atoms with Crippen LogP contribution in [-0.4, -0.2) is 76.8 Å². The van der Waals surface area contributed by atoms with Gasteiger partial charge < -0.3 is 20.6 Å². The summed E-state index contributed by atoms with van der Waals surface area (Å²) in [5.74, 6) is -1.28. The maximum atomic E-state index is 15.1. The molecule has 2 aliphatic rings. The van der Waals surface area contributed by atoms with Gasteiger partial charge >= 0.3 is 6.18 Å². The molecule has 1 amide bonds. The van der Waals surface area contributed by atoms with Crippen LogP contribution in [0.25, 0.3) is 0 Å². The molecule has 2 aliphatic carbocycles. The molecule has 0 aromatic rings. The Morgan fingerprint density at radius 1 is 1.12 bits per heavy atom. The van der Waals surface area contributed by atoms with Crippen molar-refractivity contribution >= 4 is 25.5 Å². The average molecular weight is 511 g/mol. The van der Waals surface area contributed by atoms with Gasteiger partial charge in [0.05, 0.1) is 27.7 Å². The second-order valence-electron chi connectivity index (χ2n) is 11.5. The summed E-state index contributed by atoms with van der Waals surface area (Å²) >= 11 is 1.49. The molecule has 34 heavy (non-hydrogen) atoms. The van der Waals surface area contributed by atoms with Crippen LogP contribution in [-0.2, 0) is 4.79 Å². The zero-order valence-electron chi connectivity index (χ0n) is 20.9. The molecule has 5 nitrogen and oxygen atoms in total. The van der Waals surface area contributed by atoms with E-state index < -0.39 is 75.8 Å². The third-order valence-electron chi connectivity index (χ3n) is 8.79. The molecular weight excluding hydrogens is 473 g/mol. The molecule has 0 saturated heterocycles. The zero-order valence-corrected chi connectivity index (χ0v) is 21.7. The van der Waals surface area contributed by atoms with Crippen LogP contribution in [0.3, 0.4) is 0 Å². The van der Waals surface area contributed by atoms with Crippen molar-refractivity contribution in [1.29, 1.82) is 0 Å². The second kappa shape index (κ2) is 9.10. The summed E-state index contributed by atoms with van der Waals surface area (Å²) < 4.78 is 55.6. The summed E-state index contributed by atoms with van der Waals surface area (Å²) in [5.41, 5.74) is -8.31. The predicted molar refractivity (Wildman–Crippen MR) is 125 cm³/mol. The first kappa shape index (κ1) is 29.7. The van der Waals surface area contributed by atoms with Gasteiger partial charge in [0.1, 0.15) is 16.6 Å². The summed E-state index contributed by atoms with van der Waals surface area (Å²) in [6, 6.07) is 0. The highest BCUT2D eigenvalue weighted by Gasteiger charge is 3.03. The van der Waals surface area contributed by atoms with Gasteiger partial charge in [0.15, 0.2) is 0 Å². The first-order valence-corrected chi connectivity index (χ1v) is 12.6. The van der Waals surface area contributed by atoms with Gasteiger partial charge in [0, 0.05) is 16.1 Å². The number of nitrogens with one attached hydrogen (secondary N) is 1. The van der Waals surface area contributed by atoms with Gasteiger partial charge in [-0.05, 0) is 44.3 Å². The van der Waals surface area contributed by atoms with E-state index in [1.807, 2.05) is 13.8 Å². The number of halogens is 4. The van der Waals surface area contributed by atoms with Crippen molar-refractivity contribution in [2.45, 2.75) is 88.8 Å². The Labute approximate surface area is 205 Å². The second-order valence-corrected chi connectivity index (χ2v) is 13.3. The molecule has 2 radical (unpaired) electrons. The smallest absolute Gasteiger partial charge is 0.394 e. The van der Waals surface area contributed by atoms with Gasteiger partial charge in [0.25, 0.3) is 0 Å². The van der Waals surface area contributed by atoms with Crippen LogP contribution in [0.1, 0.15) is 60.8 Å². The lowest BCUT2D eigenvalue weighted by Gasteiger charge is -2.35. The summed E-state index contributed by atoms with van der Waals surface area (Å²) in [6.45, 7) is 7.29. The van der Waals surface area contributed by atoms with Crippen LogP contribution < -0.4 is 5.32 Å². The number of alkyl halides is 4. The number of thioether (sulfide) groups is 1. The summed E-state index contributed by atoms with van der Waals surface area (Å²) in [5, 5.41) is 30.9. The van der Waals surface area contributed by atoms with Gasteiger partial charge in [0.2, 0.25) is 5.91 Å². The highest BCUT2D eigenvalue weighted by atomic mass is 32.2. The number of carbonyl (C=O) groups excluding carboxylic acids is 1. The van der Waals surface area contributed by atoms with Gasteiger partial charge in [-0.1, -0.05) is 33.5 Å². The van der Waals surface area contributed by atoms with Crippen LogP contribution in [0.15, 0.2) is 0 Å². The molecule has 1 spiro atoms. The van der Waals surface area contributed by atoms with Gasteiger partial charge in [-0.2, -0.15) is 24.9 Å². The lowest BCUT2D eigenvalue weighted by atomic mass is 9.73. The molecule has 2 fully saturated rings. The molecule has 0 aliphatic heterocycles. The van der Waals surface area contributed by atoms with Crippen LogP contribution >= 0.6 is 11.8 Å². The highest BCUT2D eigenvalue weighted by molar-refractivity contribution is 8.00. The normalized spacial score (nSPS) is 35.2. The Bertz CT molecular complexity index is 768. The monoisotopic (exact) mass is 511 g/mol. The van der Waals surface area contributed by atoms with Gasteiger partial charge in [-0.15, -0.1) is 0 Å². The standard InChI is InChI=1S/C23H38BF4NO4S/c1-14(24)15(16(33)29-21(11-30,12-31)13-32)9-17(2,3)34-8-7-18(4)10-22(18)19(5,20(22,6)25)23(26,27)28/h14-15,30-32H,7-13H2,1-6H3,(H,29,33). The molecule has 2 saturated carbocycles. The van der Waals surface area contributed by atoms with Crippen LogP contribution in [0.2, 0.25) is 5.82 Å². The van der Waals surface area contributed by atoms with E-state index in [4.69, 9.17) is 7.85 Å². The number of hydrogen-bond acceptors (Lipinski definition) is 5. The number of hydrogen-bond donors (Lipinski definition) is 4. The average Bonchev–Trinajstić information content (AvgIpc) is 3.47. The maximum absolute atomic E-state index is 15.1. The lowest BCUT2D eigenvalue weighted by Crippen LogP contribution is -2.58. The van der Waals surface area contributed by atoms with E-state index in [0.29, 0.717) is 18.6 Å². The summed E-state index contributed by atoms with van der Waals surface area (Å²) in [4.78, 5) is 12.8. The molecule has 2 rings (SSSR count). The Morgan fingerprint density at radius 3 is 2.00 bits per heavy atom. The molecular formula is C23H38BF4NO4S. The largest absolute Gasteiger partial charge is 0.397 e. The quantitative estimate of drug-likeness (QED) is 0.238. The summed E-state index contributed by atoms with van der Waals surface area (Å²) in [6.07, 6.45) is -3.67. The minimum atomic E-state index is -4.61. The SMILES string of the molecule is [B]C(C)C(CC(C)(C)SCCC1(C)CC12C(C)(F)C2(C)C(F)(F)F)C(=O)NC(CO)(CO)CO. The highest BCUT2D eigenvalue weighted by Crippen LogP contribution is 2.97. The number of aliphatic hydroxyl groups excluding tert-OH is 3. The molecule has 6 unspecified atom stereocenters. The third-order valence-corrected chi connectivity index (χ3v) is 10.1. The van der Waals surface area contributed by atoms with Crippen LogP contribution in [0.4, 0.5) is 17.6 Å². The Kier molecular flexibility index (Phi) is 7.95. The van der Waals surface area contributed by atoms with Gasteiger partial charge in [-0.3, -0.25) is 4.79 Å². The number of carbonyl (C=O) groups is 1. The van der Waals surface area contributed by atoms with E-state index in [1.165, 1.54) is 11.8 Å². The fraction of sp³-hybridized carbons (Fsp3) is 0.957. The van der Waals surface area contributed by atoms with Crippen molar-refractivity contribution in [3.63, 3.8) is 0 Å². The molecule has 0 bridgehead atoms. The fourth-order valence-corrected chi connectivity index (χ4v) is 7.50. The Balaban J connectivity index is 2.01. The van der Waals surface area contributed by atoms with E-state index in [2.05, 4.69) is 5.32 Å². The topological polar surface area (TPSA) is 89.8 Å². The molecule has 0 aromatic heterocycles. The molecule has 6 atom stereocenters. The lowest BCUT2D eigenvalue weighted by molar-refractivity contribution is -0.198. The van der Waals surface area contributed by atoms with E-state index in [0.717, 1.165) is 13.8 Å². The minimum Gasteiger partial charge on any atom is -0.394 e. The van der Waals surface area contributed by atoms with Crippen LogP contribution in [0, 0.1) is 22.2 Å². The van der Waals surface area contributed by atoms with Crippen molar-refractivity contribution in [3.05, 3.63) is 0 Å². The number of amides is 1. The predicted octanol–water partition coefficient (Wildman–Crippen LogP) is 3.41. The molecule has 0 aromatic carbocycles.